The molecule has 0 spiro atoms. The SMILES string of the molecule is CN(C)Cc1cnc2ccc(Oc3ccc(NC(=O)Nc4ccc(Cl)cc4F)cc3)cc2n1. The van der Waals surface area contributed by atoms with Crippen LogP contribution in [0, 0.1) is 5.82 Å². The number of halogens is 2. The molecule has 2 N–H and O–H groups in total. The maximum atomic E-state index is 13.8. The van der Waals surface area contributed by atoms with Gasteiger partial charge in [-0.05, 0) is 68.7 Å². The molecular formula is C24H21ClFN5O2. The molecule has 0 radical (unpaired) electrons. The van der Waals surface area contributed by atoms with Crippen LogP contribution < -0.4 is 15.4 Å². The van der Waals surface area contributed by atoms with Crippen molar-refractivity contribution in [1.29, 1.82) is 0 Å². The van der Waals surface area contributed by atoms with Crippen LogP contribution in [-0.2, 0) is 6.54 Å². The van der Waals surface area contributed by atoms with Crippen molar-refractivity contribution < 1.29 is 13.9 Å². The van der Waals surface area contributed by atoms with Gasteiger partial charge in [-0.1, -0.05) is 11.6 Å². The maximum absolute atomic E-state index is 13.8. The van der Waals surface area contributed by atoms with E-state index in [0.717, 1.165) is 22.8 Å². The Labute approximate surface area is 195 Å². The zero-order valence-electron chi connectivity index (χ0n) is 18.0. The molecule has 7 nitrogen and oxygen atoms in total. The smallest absolute Gasteiger partial charge is 0.323 e. The topological polar surface area (TPSA) is 79.4 Å². The summed E-state index contributed by atoms with van der Waals surface area (Å²) in [6, 6.07) is 15.8. The third kappa shape index (κ3) is 5.94. The zero-order chi connectivity index (χ0) is 23.4. The number of carbonyl (C=O) groups is 1. The van der Waals surface area contributed by atoms with Crippen LogP contribution in [-0.4, -0.2) is 35.0 Å². The Hall–Kier alpha value is -3.75. The van der Waals surface area contributed by atoms with Gasteiger partial charge in [-0.25, -0.2) is 14.2 Å². The van der Waals surface area contributed by atoms with Crippen LogP contribution in [0.5, 0.6) is 11.5 Å². The van der Waals surface area contributed by atoms with Crippen LogP contribution in [0.15, 0.2) is 66.9 Å². The van der Waals surface area contributed by atoms with E-state index in [1.54, 1.807) is 30.5 Å². The second kappa shape index (κ2) is 9.81. The number of nitrogens with one attached hydrogen (secondary N) is 2. The van der Waals surface area contributed by atoms with E-state index < -0.39 is 11.8 Å². The normalized spacial score (nSPS) is 10.9. The fourth-order valence-electron chi connectivity index (χ4n) is 3.11. The number of aromatic nitrogens is 2. The molecule has 2 amide bonds. The van der Waals surface area contributed by atoms with Gasteiger partial charge in [-0.3, -0.25) is 4.98 Å². The lowest BCUT2D eigenvalue weighted by molar-refractivity contribution is 0.262. The van der Waals surface area contributed by atoms with Crippen molar-refractivity contribution >= 4 is 40.0 Å². The van der Waals surface area contributed by atoms with Gasteiger partial charge in [0.25, 0.3) is 0 Å². The van der Waals surface area contributed by atoms with E-state index in [0.29, 0.717) is 23.7 Å². The minimum absolute atomic E-state index is 0.0324. The Morgan fingerprint density at radius 1 is 1.00 bits per heavy atom. The zero-order valence-corrected chi connectivity index (χ0v) is 18.7. The molecule has 0 atom stereocenters. The molecule has 0 unspecified atom stereocenters. The predicted octanol–water partition coefficient (Wildman–Crippen LogP) is 5.92. The number of benzene rings is 3. The minimum atomic E-state index is -0.615. The van der Waals surface area contributed by atoms with Crippen molar-refractivity contribution in [2.24, 2.45) is 0 Å². The predicted molar refractivity (Wildman–Crippen MR) is 127 cm³/mol. The Bertz CT molecular complexity index is 1300. The van der Waals surface area contributed by atoms with E-state index in [1.807, 2.05) is 37.2 Å². The average Bonchev–Trinajstić information content (AvgIpc) is 2.76. The second-order valence-electron chi connectivity index (χ2n) is 7.58. The number of amides is 2. The van der Waals surface area contributed by atoms with E-state index in [2.05, 4.69) is 20.6 Å². The molecule has 0 fully saturated rings. The van der Waals surface area contributed by atoms with E-state index in [4.69, 9.17) is 16.3 Å². The lowest BCUT2D eigenvalue weighted by Crippen LogP contribution is -2.20. The highest BCUT2D eigenvalue weighted by Crippen LogP contribution is 2.26. The highest BCUT2D eigenvalue weighted by Gasteiger charge is 2.09. The molecule has 0 aliphatic heterocycles. The standard InChI is InChI=1S/C24H21ClFN5O2/c1-31(2)14-17-13-27-22-10-8-19(12-23(22)28-17)33-18-6-4-16(5-7-18)29-24(32)30-21-9-3-15(25)11-20(21)26/h3-13H,14H2,1-2H3,(H2,29,30,32). The number of carbonyl (C=O) groups excluding carboxylic acids is 1. The third-order valence-corrected chi connectivity index (χ3v) is 4.80. The van der Waals surface area contributed by atoms with E-state index in [-0.39, 0.29) is 10.7 Å². The summed E-state index contributed by atoms with van der Waals surface area (Å²) in [5.41, 5.74) is 2.96. The van der Waals surface area contributed by atoms with Crippen molar-refractivity contribution in [3.8, 4) is 11.5 Å². The summed E-state index contributed by atoms with van der Waals surface area (Å²) in [6.45, 7) is 0.695. The first-order chi connectivity index (χ1) is 15.9. The van der Waals surface area contributed by atoms with E-state index in [9.17, 15) is 9.18 Å². The summed E-state index contributed by atoms with van der Waals surface area (Å²) in [5, 5.41) is 5.34. The molecule has 9 heteroatoms. The van der Waals surface area contributed by atoms with Crippen LogP contribution >= 0.6 is 11.6 Å². The number of anilines is 2. The Kier molecular flexibility index (Phi) is 6.67. The van der Waals surface area contributed by atoms with Crippen molar-refractivity contribution in [1.82, 2.24) is 14.9 Å². The molecule has 1 aromatic heterocycles. The highest BCUT2D eigenvalue weighted by molar-refractivity contribution is 6.30. The lowest BCUT2D eigenvalue weighted by atomic mass is 10.2. The van der Waals surface area contributed by atoms with E-state index in [1.165, 1.54) is 12.1 Å². The lowest BCUT2D eigenvalue weighted by Gasteiger charge is -2.11. The summed E-state index contributed by atoms with van der Waals surface area (Å²) in [5.74, 6) is 0.590. The summed E-state index contributed by atoms with van der Waals surface area (Å²) < 4.78 is 19.8. The van der Waals surface area contributed by atoms with Gasteiger partial charge in [0, 0.05) is 23.3 Å². The molecule has 4 rings (SSSR count). The quantitative estimate of drug-likeness (QED) is 0.369. The van der Waals surface area contributed by atoms with Gasteiger partial charge < -0.3 is 20.3 Å². The molecule has 33 heavy (non-hydrogen) atoms. The molecule has 0 saturated carbocycles. The molecular weight excluding hydrogens is 445 g/mol. The first-order valence-corrected chi connectivity index (χ1v) is 10.4. The average molecular weight is 466 g/mol. The van der Waals surface area contributed by atoms with Gasteiger partial charge in [-0.2, -0.15) is 0 Å². The molecule has 0 aliphatic carbocycles. The second-order valence-corrected chi connectivity index (χ2v) is 8.02. The summed E-state index contributed by atoms with van der Waals surface area (Å²) in [4.78, 5) is 23.2. The number of hydrogen-bond acceptors (Lipinski definition) is 5. The fourth-order valence-corrected chi connectivity index (χ4v) is 3.27. The summed E-state index contributed by atoms with van der Waals surface area (Å²) >= 11 is 5.72. The monoisotopic (exact) mass is 465 g/mol. The van der Waals surface area contributed by atoms with Gasteiger partial charge in [-0.15, -0.1) is 0 Å². The Morgan fingerprint density at radius 3 is 2.48 bits per heavy atom. The van der Waals surface area contributed by atoms with Crippen molar-refractivity contribution in [3.63, 3.8) is 0 Å². The van der Waals surface area contributed by atoms with Crippen LogP contribution in [0.4, 0.5) is 20.6 Å². The van der Waals surface area contributed by atoms with Crippen LogP contribution in [0.3, 0.4) is 0 Å². The van der Waals surface area contributed by atoms with Crippen LogP contribution in [0.25, 0.3) is 11.0 Å². The molecule has 3 aromatic carbocycles. The summed E-state index contributed by atoms with van der Waals surface area (Å²) in [7, 11) is 3.95. The van der Waals surface area contributed by atoms with Gasteiger partial charge in [0.1, 0.15) is 17.3 Å². The highest BCUT2D eigenvalue weighted by atomic mass is 35.5. The van der Waals surface area contributed by atoms with Gasteiger partial charge >= 0.3 is 6.03 Å². The maximum Gasteiger partial charge on any atom is 0.323 e. The van der Waals surface area contributed by atoms with Crippen molar-refractivity contribution in [2.45, 2.75) is 6.54 Å². The molecule has 0 bridgehead atoms. The number of nitrogens with zero attached hydrogens (tertiary/aromatic N) is 3. The van der Waals surface area contributed by atoms with Crippen molar-refractivity contribution in [2.75, 3.05) is 24.7 Å². The number of fused-ring (bicyclic) bond motifs is 1. The van der Waals surface area contributed by atoms with Crippen molar-refractivity contribution in [3.05, 3.63) is 83.4 Å². The molecule has 0 aliphatic rings. The Morgan fingerprint density at radius 2 is 1.76 bits per heavy atom. The first-order valence-electron chi connectivity index (χ1n) is 10.1. The molecule has 1 heterocycles. The number of rotatable bonds is 6. The van der Waals surface area contributed by atoms with E-state index >= 15 is 0 Å². The largest absolute Gasteiger partial charge is 0.457 e. The summed E-state index contributed by atoms with van der Waals surface area (Å²) in [6.07, 6.45) is 1.77. The minimum Gasteiger partial charge on any atom is -0.457 e. The Balaban J connectivity index is 1.40. The van der Waals surface area contributed by atoms with Gasteiger partial charge in [0.05, 0.1) is 28.6 Å². The number of ether oxygens (including phenoxy) is 1. The first kappa shape index (κ1) is 22.4. The van der Waals surface area contributed by atoms with Gasteiger partial charge in [0.15, 0.2) is 0 Å². The van der Waals surface area contributed by atoms with Gasteiger partial charge in [0.2, 0.25) is 0 Å². The third-order valence-electron chi connectivity index (χ3n) is 4.57. The van der Waals surface area contributed by atoms with Crippen LogP contribution in [0.2, 0.25) is 5.02 Å². The molecule has 4 aromatic rings. The molecule has 168 valence electrons. The number of urea groups is 1. The van der Waals surface area contributed by atoms with Crippen LogP contribution in [0.1, 0.15) is 5.69 Å². The number of hydrogen-bond donors (Lipinski definition) is 2. The molecule has 0 saturated heterocycles. The fraction of sp³-hybridized carbons (Fsp3) is 0.125.